The summed E-state index contributed by atoms with van der Waals surface area (Å²) in [7, 11) is 1.58. The molecule has 2 rings (SSSR count). The molecule has 7 heteroatoms. The van der Waals surface area contributed by atoms with Crippen molar-refractivity contribution in [3.63, 3.8) is 0 Å². The van der Waals surface area contributed by atoms with Crippen LogP contribution in [0, 0.1) is 5.92 Å². The van der Waals surface area contributed by atoms with Crippen molar-refractivity contribution in [2.75, 3.05) is 13.7 Å². The highest BCUT2D eigenvalue weighted by molar-refractivity contribution is 9.10. The van der Waals surface area contributed by atoms with Crippen LogP contribution in [0.25, 0.3) is 0 Å². The van der Waals surface area contributed by atoms with Gasteiger partial charge in [0.25, 0.3) is 0 Å². The molecule has 0 amide bonds. The Hall–Kier alpha value is -1.86. The van der Waals surface area contributed by atoms with Crippen molar-refractivity contribution in [2.24, 2.45) is 5.92 Å². The molecule has 1 aliphatic heterocycles. The molecule has 0 unspecified atom stereocenters. The van der Waals surface area contributed by atoms with Crippen LogP contribution in [0.15, 0.2) is 47.6 Å². The highest BCUT2D eigenvalue weighted by Gasteiger charge is 2.39. The predicted molar refractivity (Wildman–Crippen MR) is 96.1 cm³/mol. The number of esters is 1. The second kappa shape index (κ2) is 7.61. The monoisotopic (exact) mass is 396 g/mol. The van der Waals surface area contributed by atoms with Gasteiger partial charge in [-0.1, -0.05) is 35.2 Å². The van der Waals surface area contributed by atoms with Gasteiger partial charge in [0.1, 0.15) is 18.3 Å². The quantitative estimate of drug-likeness (QED) is 0.453. The average molecular weight is 397 g/mol. The van der Waals surface area contributed by atoms with E-state index in [0.717, 1.165) is 10.0 Å². The zero-order chi connectivity index (χ0) is 17.0. The van der Waals surface area contributed by atoms with Crippen molar-refractivity contribution in [2.45, 2.75) is 6.04 Å². The number of ether oxygens (including phenoxy) is 2. The Labute approximate surface area is 148 Å². The molecule has 0 spiro atoms. The van der Waals surface area contributed by atoms with Gasteiger partial charge in [0.15, 0.2) is 5.11 Å². The SMILES string of the molecule is C=CCOC(=O)[C@H]1C(=C)NC(=S)N[C@@H]1c1cc(Br)ccc1OC. The summed E-state index contributed by atoms with van der Waals surface area (Å²) in [4.78, 5) is 12.4. The summed E-state index contributed by atoms with van der Waals surface area (Å²) in [5.41, 5.74) is 1.27. The zero-order valence-corrected chi connectivity index (χ0v) is 15.0. The minimum absolute atomic E-state index is 0.134. The third-order valence-corrected chi connectivity index (χ3v) is 4.11. The van der Waals surface area contributed by atoms with E-state index in [4.69, 9.17) is 21.7 Å². The van der Waals surface area contributed by atoms with E-state index >= 15 is 0 Å². The molecule has 0 aromatic heterocycles. The maximum absolute atomic E-state index is 12.4. The first-order valence-electron chi connectivity index (χ1n) is 6.85. The third-order valence-electron chi connectivity index (χ3n) is 3.39. The molecule has 1 heterocycles. The summed E-state index contributed by atoms with van der Waals surface area (Å²) < 4.78 is 11.5. The van der Waals surface area contributed by atoms with Gasteiger partial charge in [0.05, 0.1) is 13.2 Å². The number of carbonyl (C=O) groups excluding carboxylic acids is 1. The van der Waals surface area contributed by atoms with Gasteiger partial charge in [-0.05, 0) is 30.4 Å². The number of thiocarbonyl (C=S) groups is 1. The molecule has 1 saturated heterocycles. The molecule has 1 aromatic rings. The number of nitrogens with one attached hydrogen (secondary N) is 2. The van der Waals surface area contributed by atoms with E-state index in [2.05, 4.69) is 39.7 Å². The Morgan fingerprint density at radius 3 is 2.91 bits per heavy atom. The first kappa shape index (κ1) is 17.5. The normalized spacial score (nSPS) is 20.3. The van der Waals surface area contributed by atoms with Gasteiger partial charge >= 0.3 is 5.97 Å². The number of carbonyl (C=O) groups is 1. The Balaban J connectivity index is 2.44. The first-order chi connectivity index (χ1) is 11.0. The molecule has 1 aliphatic rings. The topological polar surface area (TPSA) is 59.6 Å². The lowest BCUT2D eigenvalue weighted by Crippen LogP contribution is -2.51. The van der Waals surface area contributed by atoms with Gasteiger partial charge in [-0.3, -0.25) is 4.79 Å². The number of hydrogen-bond donors (Lipinski definition) is 2. The van der Waals surface area contributed by atoms with Crippen LogP contribution in [0.1, 0.15) is 11.6 Å². The largest absolute Gasteiger partial charge is 0.496 e. The second-order valence-corrected chi connectivity index (χ2v) is 6.21. The van der Waals surface area contributed by atoms with E-state index < -0.39 is 17.9 Å². The molecular formula is C16H17BrN2O3S. The highest BCUT2D eigenvalue weighted by Crippen LogP contribution is 2.36. The van der Waals surface area contributed by atoms with Crippen LogP contribution in [0.5, 0.6) is 5.75 Å². The number of methoxy groups -OCH3 is 1. The van der Waals surface area contributed by atoms with Crippen molar-refractivity contribution in [3.8, 4) is 5.75 Å². The Kier molecular flexibility index (Phi) is 5.79. The number of rotatable bonds is 5. The van der Waals surface area contributed by atoms with Gasteiger partial charge in [-0.15, -0.1) is 0 Å². The zero-order valence-electron chi connectivity index (χ0n) is 12.6. The Morgan fingerprint density at radius 2 is 2.26 bits per heavy atom. The summed E-state index contributed by atoms with van der Waals surface area (Å²) in [6, 6.07) is 5.12. The average Bonchev–Trinajstić information content (AvgIpc) is 2.51. The van der Waals surface area contributed by atoms with Crippen molar-refractivity contribution in [3.05, 3.63) is 53.2 Å². The van der Waals surface area contributed by atoms with Crippen LogP contribution in [-0.2, 0) is 9.53 Å². The molecule has 0 bridgehead atoms. The molecule has 2 N–H and O–H groups in total. The number of hydrogen-bond acceptors (Lipinski definition) is 4. The minimum atomic E-state index is -0.648. The van der Waals surface area contributed by atoms with Crippen molar-refractivity contribution < 1.29 is 14.3 Å². The fraction of sp³-hybridized carbons (Fsp3) is 0.250. The standard InChI is InChI=1S/C16H17BrN2O3S/c1-4-7-22-15(20)13-9(2)18-16(23)19-14(13)11-8-10(17)5-6-12(11)21-3/h4-6,8,13-14H,1-2,7H2,3H3,(H2,18,19,23)/t13-,14+/m0/s1. The van der Waals surface area contributed by atoms with Gasteiger partial charge in [-0.25, -0.2) is 0 Å². The van der Waals surface area contributed by atoms with Gasteiger partial charge < -0.3 is 20.1 Å². The maximum Gasteiger partial charge on any atom is 0.317 e. The minimum Gasteiger partial charge on any atom is -0.496 e. The van der Waals surface area contributed by atoms with E-state index in [1.54, 1.807) is 7.11 Å². The number of benzene rings is 1. The van der Waals surface area contributed by atoms with Crippen LogP contribution < -0.4 is 15.4 Å². The molecule has 1 aromatic carbocycles. The molecule has 0 saturated carbocycles. The van der Waals surface area contributed by atoms with E-state index in [9.17, 15) is 4.79 Å². The van der Waals surface area contributed by atoms with Gasteiger partial charge in [-0.2, -0.15) is 0 Å². The third kappa shape index (κ3) is 3.92. The molecule has 1 fully saturated rings. The molecule has 5 nitrogen and oxygen atoms in total. The molecule has 122 valence electrons. The van der Waals surface area contributed by atoms with Crippen molar-refractivity contribution >= 4 is 39.2 Å². The summed E-state index contributed by atoms with van der Waals surface area (Å²) >= 11 is 8.63. The van der Waals surface area contributed by atoms with Crippen LogP contribution in [-0.4, -0.2) is 24.8 Å². The van der Waals surface area contributed by atoms with E-state index in [-0.39, 0.29) is 6.61 Å². The van der Waals surface area contributed by atoms with Crippen LogP contribution >= 0.6 is 28.1 Å². The predicted octanol–water partition coefficient (Wildman–Crippen LogP) is 2.84. The lowest BCUT2D eigenvalue weighted by molar-refractivity contribution is -0.147. The molecule has 0 radical (unpaired) electrons. The summed E-state index contributed by atoms with van der Waals surface area (Å²) in [6.07, 6.45) is 1.52. The summed E-state index contributed by atoms with van der Waals surface area (Å²) in [5.74, 6) is -0.418. The molecule has 0 aliphatic carbocycles. The lowest BCUT2D eigenvalue weighted by Gasteiger charge is -2.35. The second-order valence-electron chi connectivity index (χ2n) is 4.88. The van der Waals surface area contributed by atoms with Crippen molar-refractivity contribution in [1.82, 2.24) is 10.6 Å². The number of halogens is 1. The van der Waals surface area contributed by atoms with Crippen LogP contribution in [0.3, 0.4) is 0 Å². The maximum atomic E-state index is 12.4. The van der Waals surface area contributed by atoms with Crippen LogP contribution in [0.2, 0.25) is 0 Å². The Bertz CT molecular complexity index is 663. The highest BCUT2D eigenvalue weighted by atomic mass is 79.9. The van der Waals surface area contributed by atoms with E-state index in [1.807, 2.05) is 18.2 Å². The van der Waals surface area contributed by atoms with E-state index in [0.29, 0.717) is 16.6 Å². The van der Waals surface area contributed by atoms with Gasteiger partial charge in [0, 0.05) is 15.7 Å². The smallest absolute Gasteiger partial charge is 0.317 e. The molecule has 2 atom stereocenters. The molecule has 23 heavy (non-hydrogen) atoms. The van der Waals surface area contributed by atoms with E-state index in [1.165, 1.54) is 6.08 Å². The lowest BCUT2D eigenvalue weighted by atomic mass is 9.88. The summed E-state index contributed by atoms with van der Waals surface area (Å²) in [6.45, 7) is 7.59. The fourth-order valence-electron chi connectivity index (χ4n) is 2.40. The fourth-order valence-corrected chi connectivity index (χ4v) is 3.04. The van der Waals surface area contributed by atoms with Gasteiger partial charge in [0.2, 0.25) is 0 Å². The Morgan fingerprint density at radius 1 is 1.52 bits per heavy atom. The summed E-state index contributed by atoms with van der Waals surface area (Å²) in [5, 5.41) is 6.39. The molecular weight excluding hydrogens is 380 g/mol. The van der Waals surface area contributed by atoms with Crippen LogP contribution in [0.4, 0.5) is 0 Å². The van der Waals surface area contributed by atoms with Crippen molar-refractivity contribution in [1.29, 1.82) is 0 Å². The first-order valence-corrected chi connectivity index (χ1v) is 8.05.